The lowest BCUT2D eigenvalue weighted by Crippen LogP contribution is -2.24. The van der Waals surface area contributed by atoms with E-state index in [0.717, 1.165) is 24.8 Å². The van der Waals surface area contributed by atoms with Crippen molar-refractivity contribution in [3.05, 3.63) is 34.9 Å². The van der Waals surface area contributed by atoms with Crippen molar-refractivity contribution in [3.8, 4) is 0 Å². The highest BCUT2D eigenvalue weighted by Crippen LogP contribution is 2.09. The second-order valence-electron chi connectivity index (χ2n) is 4.48. The van der Waals surface area contributed by atoms with Crippen LogP contribution in [-0.2, 0) is 0 Å². The molecule has 0 bridgehead atoms. The number of rotatable bonds is 6. The monoisotopic (exact) mass is 264 g/mol. The third kappa shape index (κ3) is 4.84. The third-order valence-corrected chi connectivity index (χ3v) is 3.11. The first-order valence-corrected chi connectivity index (χ1v) is 6.55. The van der Waals surface area contributed by atoms with E-state index in [2.05, 4.69) is 5.32 Å². The van der Waals surface area contributed by atoms with Gasteiger partial charge in [-0.3, -0.25) is 4.79 Å². The summed E-state index contributed by atoms with van der Waals surface area (Å²) in [4.78, 5) is 12.4. The predicted molar refractivity (Wildman–Crippen MR) is 78.9 cm³/mol. The SMILES string of the molecule is Cc1ccc(C(=O)NCCCCC(N)=S)cc1C. The molecule has 4 heteroatoms. The average Bonchev–Trinajstić information content (AvgIpc) is 2.31. The largest absolute Gasteiger partial charge is 0.393 e. The Hall–Kier alpha value is -1.42. The smallest absolute Gasteiger partial charge is 0.251 e. The lowest BCUT2D eigenvalue weighted by atomic mass is 10.1. The summed E-state index contributed by atoms with van der Waals surface area (Å²) in [6.07, 6.45) is 2.56. The van der Waals surface area contributed by atoms with Crippen LogP contribution in [0.15, 0.2) is 18.2 Å². The van der Waals surface area contributed by atoms with E-state index in [4.69, 9.17) is 18.0 Å². The van der Waals surface area contributed by atoms with Crippen molar-refractivity contribution < 1.29 is 4.79 Å². The second-order valence-corrected chi connectivity index (χ2v) is 5.00. The van der Waals surface area contributed by atoms with Crippen LogP contribution in [0.3, 0.4) is 0 Å². The average molecular weight is 264 g/mol. The number of hydrogen-bond acceptors (Lipinski definition) is 2. The van der Waals surface area contributed by atoms with Gasteiger partial charge in [-0.15, -0.1) is 0 Å². The van der Waals surface area contributed by atoms with Gasteiger partial charge in [0.05, 0.1) is 4.99 Å². The number of nitrogens with one attached hydrogen (secondary N) is 1. The number of unbranched alkanes of at least 4 members (excludes halogenated alkanes) is 1. The summed E-state index contributed by atoms with van der Waals surface area (Å²) >= 11 is 4.79. The first kappa shape index (κ1) is 14.6. The zero-order valence-electron chi connectivity index (χ0n) is 11.0. The van der Waals surface area contributed by atoms with Crippen LogP contribution in [0.4, 0.5) is 0 Å². The van der Waals surface area contributed by atoms with Gasteiger partial charge in [0.15, 0.2) is 0 Å². The highest BCUT2D eigenvalue weighted by atomic mass is 32.1. The Morgan fingerprint density at radius 3 is 2.61 bits per heavy atom. The molecule has 3 nitrogen and oxygen atoms in total. The van der Waals surface area contributed by atoms with E-state index in [1.165, 1.54) is 5.56 Å². The van der Waals surface area contributed by atoms with Crippen LogP contribution in [0.5, 0.6) is 0 Å². The minimum atomic E-state index is -0.0200. The summed E-state index contributed by atoms with van der Waals surface area (Å²) < 4.78 is 0. The van der Waals surface area contributed by atoms with Crippen molar-refractivity contribution in [1.29, 1.82) is 0 Å². The molecule has 0 aliphatic carbocycles. The molecule has 0 radical (unpaired) electrons. The van der Waals surface area contributed by atoms with Crippen LogP contribution >= 0.6 is 12.2 Å². The minimum Gasteiger partial charge on any atom is -0.393 e. The molecule has 0 aliphatic heterocycles. The van der Waals surface area contributed by atoms with Gasteiger partial charge in [-0.1, -0.05) is 18.3 Å². The van der Waals surface area contributed by atoms with Crippen molar-refractivity contribution in [2.24, 2.45) is 5.73 Å². The number of amides is 1. The fourth-order valence-corrected chi connectivity index (χ4v) is 1.76. The highest BCUT2D eigenvalue weighted by molar-refractivity contribution is 7.80. The van der Waals surface area contributed by atoms with Crippen molar-refractivity contribution in [3.63, 3.8) is 0 Å². The van der Waals surface area contributed by atoms with E-state index < -0.39 is 0 Å². The Kier molecular flexibility index (Phi) is 5.78. The van der Waals surface area contributed by atoms with Gasteiger partial charge in [-0.2, -0.15) is 0 Å². The molecule has 0 heterocycles. The van der Waals surface area contributed by atoms with Crippen molar-refractivity contribution in [2.45, 2.75) is 33.1 Å². The standard InChI is InChI=1S/C14H20N2OS/c1-10-6-7-12(9-11(10)2)14(17)16-8-4-3-5-13(15)18/h6-7,9H,3-5,8H2,1-2H3,(H2,15,18)(H,16,17). The number of thiocarbonyl (C=S) groups is 1. The minimum absolute atomic E-state index is 0.0200. The van der Waals surface area contributed by atoms with Crippen LogP contribution in [0.1, 0.15) is 40.7 Å². The molecule has 98 valence electrons. The first-order valence-electron chi connectivity index (χ1n) is 6.14. The molecule has 0 fully saturated rings. The summed E-state index contributed by atoms with van der Waals surface area (Å²) in [6.45, 7) is 4.70. The van der Waals surface area contributed by atoms with Gasteiger partial charge >= 0.3 is 0 Å². The van der Waals surface area contributed by atoms with Gasteiger partial charge in [0.2, 0.25) is 0 Å². The number of carbonyl (C=O) groups is 1. The van der Waals surface area contributed by atoms with Gasteiger partial charge in [-0.05, 0) is 56.4 Å². The Morgan fingerprint density at radius 2 is 2.00 bits per heavy atom. The van der Waals surface area contributed by atoms with E-state index in [-0.39, 0.29) is 5.91 Å². The van der Waals surface area contributed by atoms with Gasteiger partial charge in [0.25, 0.3) is 5.91 Å². The molecular formula is C14H20N2OS. The number of benzene rings is 1. The fraction of sp³-hybridized carbons (Fsp3) is 0.429. The maximum absolute atomic E-state index is 11.8. The molecule has 18 heavy (non-hydrogen) atoms. The van der Waals surface area contributed by atoms with E-state index in [9.17, 15) is 4.79 Å². The summed E-state index contributed by atoms with van der Waals surface area (Å²) in [7, 11) is 0. The van der Waals surface area contributed by atoms with Crippen molar-refractivity contribution in [2.75, 3.05) is 6.54 Å². The number of nitrogens with two attached hydrogens (primary N) is 1. The fourth-order valence-electron chi connectivity index (χ4n) is 1.61. The van der Waals surface area contributed by atoms with Crippen LogP contribution in [0, 0.1) is 13.8 Å². The molecular weight excluding hydrogens is 244 g/mol. The molecule has 0 aliphatic rings. The quantitative estimate of drug-likeness (QED) is 0.613. The summed E-state index contributed by atoms with van der Waals surface area (Å²) in [5.74, 6) is -0.0200. The number of carbonyl (C=O) groups excluding carboxylic acids is 1. The van der Waals surface area contributed by atoms with E-state index >= 15 is 0 Å². The van der Waals surface area contributed by atoms with Gasteiger partial charge < -0.3 is 11.1 Å². The van der Waals surface area contributed by atoms with E-state index in [1.54, 1.807) is 0 Å². The summed E-state index contributed by atoms with van der Waals surface area (Å²) in [5.41, 5.74) is 8.45. The molecule has 1 rings (SSSR count). The predicted octanol–water partition coefficient (Wildman–Crippen LogP) is 2.49. The van der Waals surface area contributed by atoms with Crippen molar-refractivity contribution in [1.82, 2.24) is 5.32 Å². The molecule has 3 N–H and O–H groups in total. The van der Waals surface area contributed by atoms with Gasteiger partial charge in [-0.25, -0.2) is 0 Å². The van der Waals surface area contributed by atoms with E-state index in [0.29, 0.717) is 17.1 Å². The second kappa shape index (κ2) is 7.11. The maximum Gasteiger partial charge on any atom is 0.251 e. The van der Waals surface area contributed by atoms with Crippen LogP contribution in [0.25, 0.3) is 0 Å². The lowest BCUT2D eigenvalue weighted by molar-refractivity contribution is 0.0953. The molecule has 1 amide bonds. The van der Waals surface area contributed by atoms with Crippen molar-refractivity contribution >= 4 is 23.1 Å². The lowest BCUT2D eigenvalue weighted by Gasteiger charge is -2.07. The Bertz CT molecular complexity index is 443. The summed E-state index contributed by atoms with van der Waals surface area (Å²) in [6, 6.07) is 5.74. The zero-order chi connectivity index (χ0) is 13.5. The molecule has 1 aromatic rings. The molecule has 1 aromatic carbocycles. The third-order valence-electron chi connectivity index (χ3n) is 2.90. The Morgan fingerprint density at radius 1 is 1.28 bits per heavy atom. The molecule has 0 aromatic heterocycles. The zero-order valence-corrected chi connectivity index (χ0v) is 11.8. The van der Waals surface area contributed by atoms with Crippen LogP contribution < -0.4 is 11.1 Å². The maximum atomic E-state index is 11.8. The Balaban J connectivity index is 2.36. The molecule has 0 saturated carbocycles. The normalized spacial score (nSPS) is 10.1. The molecule has 0 atom stereocenters. The van der Waals surface area contributed by atoms with Crippen LogP contribution in [-0.4, -0.2) is 17.4 Å². The number of hydrogen-bond donors (Lipinski definition) is 2. The Labute approximate surface area is 114 Å². The van der Waals surface area contributed by atoms with Gasteiger partial charge in [0, 0.05) is 12.1 Å². The van der Waals surface area contributed by atoms with Crippen LogP contribution in [0.2, 0.25) is 0 Å². The topological polar surface area (TPSA) is 55.1 Å². The molecule has 0 spiro atoms. The molecule has 0 saturated heterocycles. The van der Waals surface area contributed by atoms with E-state index in [1.807, 2.05) is 32.0 Å². The van der Waals surface area contributed by atoms with Gasteiger partial charge in [0.1, 0.15) is 0 Å². The summed E-state index contributed by atoms with van der Waals surface area (Å²) in [5, 5.41) is 2.90. The number of aryl methyl sites for hydroxylation is 2. The molecule has 0 unspecified atom stereocenters. The first-order chi connectivity index (χ1) is 8.50. The highest BCUT2D eigenvalue weighted by Gasteiger charge is 2.05.